The van der Waals surface area contributed by atoms with Crippen LogP contribution in [0.15, 0.2) is 48.9 Å². The third-order valence-electron chi connectivity index (χ3n) is 3.31. The summed E-state index contributed by atoms with van der Waals surface area (Å²) in [6.07, 6.45) is 3.16. The molecule has 3 rings (SSSR count). The second-order valence-electron chi connectivity index (χ2n) is 4.77. The van der Waals surface area contributed by atoms with Crippen LogP contribution < -0.4 is 5.32 Å². The van der Waals surface area contributed by atoms with Crippen LogP contribution in [-0.2, 0) is 0 Å². The van der Waals surface area contributed by atoms with Crippen molar-refractivity contribution in [2.75, 3.05) is 6.61 Å². The summed E-state index contributed by atoms with van der Waals surface area (Å²) >= 11 is 5.84. The van der Waals surface area contributed by atoms with Gasteiger partial charge in [-0.1, -0.05) is 23.7 Å². The number of aromatic nitrogens is 3. The van der Waals surface area contributed by atoms with Crippen LogP contribution in [0.4, 0.5) is 0 Å². The Kier molecular flexibility index (Phi) is 4.04. The Morgan fingerprint density at radius 3 is 2.77 bits per heavy atom. The zero-order valence-electron chi connectivity index (χ0n) is 11.5. The zero-order chi connectivity index (χ0) is 15.5. The molecule has 1 atom stereocenters. The summed E-state index contributed by atoms with van der Waals surface area (Å²) in [5, 5.41) is 20.5. The number of halogens is 1. The van der Waals surface area contributed by atoms with Gasteiger partial charge in [-0.05, 0) is 29.8 Å². The van der Waals surface area contributed by atoms with Gasteiger partial charge in [0.15, 0.2) is 5.65 Å². The maximum absolute atomic E-state index is 12.3. The molecule has 0 fully saturated rings. The lowest BCUT2D eigenvalue weighted by Crippen LogP contribution is -2.30. The van der Waals surface area contributed by atoms with Crippen molar-refractivity contribution in [1.29, 1.82) is 0 Å². The Morgan fingerprint density at radius 1 is 1.27 bits per heavy atom. The minimum atomic E-state index is -0.499. The fourth-order valence-electron chi connectivity index (χ4n) is 2.13. The number of amides is 1. The molecule has 2 aromatic heterocycles. The summed E-state index contributed by atoms with van der Waals surface area (Å²) in [7, 11) is 0. The molecule has 22 heavy (non-hydrogen) atoms. The fraction of sp³-hybridized carbons (Fsp3) is 0.133. The first-order valence-corrected chi connectivity index (χ1v) is 7.02. The van der Waals surface area contributed by atoms with Crippen LogP contribution in [0.25, 0.3) is 5.65 Å². The predicted molar refractivity (Wildman–Crippen MR) is 81.7 cm³/mol. The Hall–Kier alpha value is -2.44. The van der Waals surface area contributed by atoms with Gasteiger partial charge in [0.05, 0.1) is 18.2 Å². The Morgan fingerprint density at radius 2 is 2.05 bits per heavy atom. The summed E-state index contributed by atoms with van der Waals surface area (Å²) in [6.45, 7) is -0.206. The van der Waals surface area contributed by atoms with Crippen molar-refractivity contribution in [3.05, 3.63) is 65.1 Å². The number of hydrogen-bond donors (Lipinski definition) is 2. The van der Waals surface area contributed by atoms with Crippen molar-refractivity contribution < 1.29 is 9.90 Å². The number of aliphatic hydroxyl groups excluding tert-OH is 1. The van der Waals surface area contributed by atoms with Gasteiger partial charge in [0.2, 0.25) is 0 Å². The molecule has 0 aliphatic heterocycles. The van der Waals surface area contributed by atoms with Crippen molar-refractivity contribution in [3.63, 3.8) is 0 Å². The first kappa shape index (κ1) is 14.5. The van der Waals surface area contributed by atoms with Crippen LogP contribution >= 0.6 is 11.6 Å². The summed E-state index contributed by atoms with van der Waals surface area (Å²) in [4.78, 5) is 12.3. The maximum Gasteiger partial charge on any atom is 0.253 e. The summed E-state index contributed by atoms with van der Waals surface area (Å²) in [5.41, 5.74) is 1.90. The zero-order valence-corrected chi connectivity index (χ0v) is 12.2. The standard InChI is InChI=1S/C15H13ClN4O2/c16-12-4-1-10(2-5-12)13(8-21)18-15(22)11-3-6-14-19-17-9-20(14)7-11/h1-7,9,13,21H,8H2,(H,18,22). The van der Waals surface area contributed by atoms with Gasteiger partial charge in [0.25, 0.3) is 5.91 Å². The van der Waals surface area contributed by atoms with E-state index in [0.29, 0.717) is 16.2 Å². The van der Waals surface area contributed by atoms with Crippen LogP contribution in [0.1, 0.15) is 22.0 Å². The average molecular weight is 317 g/mol. The van der Waals surface area contributed by atoms with E-state index in [-0.39, 0.29) is 12.5 Å². The maximum atomic E-state index is 12.3. The molecule has 0 aliphatic carbocycles. The van der Waals surface area contributed by atoms with Gasteiger partial charge in [-0.25, -0.2) is 0 Å². The molecule has 2 heterocycles. The molecule has 2 N–H and O–H groups in total. The second kappa shape index (κ2) is 6.13. The van der Waals surface area contributed by atoms with Crippen molar-refractivity contribution in [1.82, 2.24) is 19.9 Å². The number of rotatable bonds is 4. The predicted octanol–water partition coefficient (Wildman–Crippen LogP) is 1.85. The number of pyridine rings is 1. The number of hydrogen-bond acceptors (Lipinski definition) is 4. The monoisotopic (exact) mass is 316 g/mol. The van der Waals surface area contributed by atoms with Gasteiger partial charge in [-0.2, -0.15) is 0 Å². The fourth-order valence-corrected chi connectivity index (χ4v) is 2.26. The number of nitrogens with zero attached hydrogens (tertiary/aromatic N) is 3. The van der Waals surface area contributed by atoms with Crippen molar-refractivity contribution in [2.45, 2.75) is 6.04 Å². The summed E-state index contributed by atoms with van der Waals surface area (Å²) in [6, 6.07) is 9.85. The van der Waals surface area contributed by atoms with E-state index in [1.165, 1.54) is 6.33 Å². The number of nitrogens with one attached hydrogen (secondary N) is 1. The van der Waals surface area contributed by atoms with E-state index < -0.39 is 6.04 Å². The van der Waals surface area contributed by atoms with Crippen LogP contribution in [0, 0.1) is 0 Å². The summed E-state index contributed by atoms with van der Waals surface area (Å²) in [5.74, 6) is -0.287. The van der Waals surface area contributed by atoms with Crippen molar-refractivity contribution >= 4 is 23.2 Å². The normalized spacial score (nSPS) is 12.3. The van der Waals surface area contributed by atoms with Crippen LogP contribution in [0.5, 0.6) is 0 Å². The number of aliphatic hydroxyl groups is 1. The first-order valence-electron chi connectivity index (χ1n) is 6.64. The lowest BCUT2D eigenvalue weighted by atomic mass is 10.1. The molecule has 3 aromatic rings. The summed E-state index contributed by atoms with van der Waals surface area (Å²) < 4.78 is 1.66. The van der Waals surface area contributed by atoms with Crippen molar-refractivity contribution in [2.24, 2.45) is 0 Å². The van der Waals surface area contributed by atoms with E-state index in [4.69, 9.17) is 11.6 Å². The van der Waals surface area contributed by atoms with Crippen molar-refractivity contribution in [3.8, 4) is 0 Å². The minimum absolute atomic E-state index is 0.206. The van der Waals surface area contributed by atoms with E-state index in [0.717, 1.165) is 5.56 Å². The molecule has 1 unspecified atom stereocenters. The van der Waals surface area contributed by atoms with E-state index in [2.05, 4.69) is 15.5 Å². The molecule has 0 aliphatic rings. The third-order valence-corrected chi connectivity index (χ3v) is 3.57. The molecular weight excluding hydrogens is 304 g/mol. The van der Waals surface area contributed by atoms with Gasteiger partial charge in [-0.3, -0.25) is 9.20 Å². The number of carbonyl (C=O) groups is 1. The molecule has 0 spiro atoms. The molecule has 0 radical (unpaired) electrons. The van der Waals surface area contributed by atoms with Crippen LogP contribution in [0.2, 0.25) is 5.02 Å². The lowest BCUT2D eigenvalue weighted by Gasteiger charge is -2.17. The van der Waals surface area contributed by atoms with E-state index in [1.807, 2.05) is 0 Å². The minimum Gasteiger partial charge on any atom is -0.394 e. The Labute approximate surface area is 131 Å². The van der Waals surface area contributed by atoms with Gasteiger partial charge in [0, 0.05) is 11.2 Å². The largest absolute Gasteiger partial charge is 0.394 e. The van der Waals surface area contributed by atoms with Gasteiger partial charge in [0.1, 0.15) is 6.33 Å². The van der Waals surface area contributed by atoms with E-state index in [1.54, 1.807) is 47.0 Å². The Balaban J connectivity index is 1.80. The molecule has 0 bridgehead atoms. The lowest BCUT2D eigenvalue weighted by molar-refractivity contribution is 0.0916. The van der Waals surface area contributed by atoms with Crippen LogP contribution in [0.3, 0.4) is 0 Å². The number of benzene rings is 1. The highest BCUT2D eigenvalue weighted by Gasteiger charge is 2.15. The molecule has 1 amide bonds. The highest BCUT2D eigenvalue weighted by molar-refractivity contribution is 6.30. The quantitative estimate of drug-likeness (QED) is 0.770. The van der Waals surface area contributed by atoms with E-state index in [9.17, 15) is 9.90 Å². The highest BCUT2D eigenvalue weighted by atomic mass is 35.5. The van der Waals surface area contributed by atoms with Gasteiger partial charge < -0.3 is 10.4 Å². The Bertz CT molecular complexity index is 801. The third kappa shape index (κ3) is 2.93. The highest BCUT2D eigenvalue weighted by Crippen LogP contribution is 2.17. The van der Waals surface area contributed by atoms with E-state index >= 15 is 0 Å². The molecule has 6 nitrogen and oxygen atoms in total. The molecule has 0 saturated heterocycles. The molecule has 112 valence electrons. The molecular formula is C15H13ClN4O2. The SMILES string of the molecule is O=C(NC(CO)c1ccc(Cl)cc1)c1ccc2nncn2c1. The first-order chi connectivity index (χ1) is 10.7. The average Bonchev–Trinajstić information content (AvgIpc) is 3.01. The molecule has 1 aromatic carbocycles. The molecule has 7 heteroatoms. The smallest absolute Gasteiger partial charge is 0.253 e. The molecule has 0 saturated carbocycles. The van der Waals surface area contributed by atoms with Gasteiger partial charge in [-0.15, -0.1) is 10.2 Å². The number of carbonyl (C=O) groups excluding carboxylic acids is 1. The van der Waals surface area contributed by atoms with Crippen LogP contribution in [-0.4, -0.2) is 32.2 Å². The second-order valence-corrected chi connectivity index (χ2v) is 5.21. The topological polar surface area (TPSA) is 79.5 Å². The van der Waals surface area contributed by atoms with Gasteiger partial charge >= 0.3 is 0 Å². The number of fused-ring (bicyclic) bond motifs is 1.